The fraction of sp³-hybridized carbons (Fsp3) is 0.688. The molecule has 2 fully saturated rings. The average molecular weight is 340 g/mol. The Morgan fingerprint density at radius 2 is 1.96 bits per heavy atom. The first-order valence-electron chi connectivity index (χ1n) is 8.43. The Morgan fingerprint density at radius 1 is 1.22 bits per heavy atom. The number of aromatic amines is 1. The molecule has 6 nitrogen and oxygen atoms in total. The van der Waals surface area contributed by atoms with Crippen LogP contribution in [0.25, 0.3) is 0 Å². The highest BCUT2D eigenvalue weighted by molar-refractivity contribution is 7.89. The first-order chi connectivity index (χ1) is 11.1. The Morgan fingerprint density at radius 3 is 2.61 bits per heavy atom. The molecular formula is C16H26N3O3S+. The number of anilines is 1. The Hall–Kier alpha value is -1.18. The van der Waals surface area contributed by atoms with Crippen LogP contribution in [0.4, 0.5) is 5.82 Å². The number of nitrogens with one attached hydrogen (secondary N) is 2. The number of hydrogen-bond acceptors (Lipinski definition) is 4. The predicted octanol–water partition coefficient (Wildman–Crippen LogP) is 1.51. The zero-order valence-corrected chi connectivity index (χ0v) is 14.4. The maximum atomic E-state index is 12.6. The van der Waals surface area contributed by atoms with E-state index < -0.39 is 10.0 Å². The van der Waals surface area contributed by atoms with Gasteiger partial charge in [0.1, 0.15) is 11.1 Å². The van der Waals surface area contributed by atoms with E-state index in [1.54, 1.807) is 12.3 Å². The molecule has 2 aliphatic rings. The van der Waals surface area contributed by atoms with E-state index in [9.17, 15) is 8.42 Å². The molecule has 1 aromatic rings. The zero-order chi connectivity index (χ0) is 16.3. The number of rotatable bonds is 4. The molecule has 2 heterocycles. The van der Waals surface area contributed by atoms with E-state index >= 15 is 0 Å². The summed E-state index contributed by atoms with van der Waals surface area (Å²) in [6, 6.07) is 3.97. The Kier molecular flexibility index (Phi) is 5.18. The summed E-state index contributed by atoms with van der Waals surface area (Å²) in [6.07, 6.45) is 6.57. The standard InChI is InChI=1S/C16H25N3O3S/c1-13-4-2-3-5-15(13)18-16-7-6-14(12-17-16)23(20,21)19-8-10-22-11-9-19/h6-7,12-13,15H,2-5,8-11H2,1H3,(H,17,18)/p+1/t13-,15+/m0/s1. The molecule has 0 unspecified atom stereocenters. The maximum absolute atomic E-state index is 12.6. The molecule has 1 saturated carbocycles. The molecule has 1 saturated heterocycles. The Bertz CT molecular complexity index is 612. The third-order valence-electron chi connectivity index (χ3n) is 4.84. The van der Waals surface area contributed by atoms with Crippen LogP contribution < -0.4 is 10.3 Å². The van der Waals surface area contributed by atoms with Gasteiger partial charge in [-0.25, -0.2) is 13.4 Å². The minimum absolute atomic E-state index is 0.307. The van der Waals surface area contributed by atoms with Gasteiger partial charge < -0.3 is 4.74 Å². The number of hydrogen-bond donors (Lipinski definition) is 1. The van der Waals surface area contributed by atoms with E-state index in [2.05, 4.69) is 17.2 Å². The monoisotopic (exact) mass is 340 g/mol. The highest BCUT2D eigenvalue weighted by Gasteiger charge is 2.28. The summed E-state index contributed by atoms with van der Waals surface area (Å²) < 4.78 is 31.8. The van der Waals surface area contributed by atoms with Gasteiger partial charge in [0.25, 0.3) is 5.82 Å². The maximum Gasteiger partial charge on any atom is 0.272 e. The minimum Gasteiger partial charge on any atom is -0.379 e. The van der Waals surface area contributed by atoms with E-state index in [1.165, 1.54) is 30.0 Å². The van der Waals surface area contributed by atoms with E-state index in [1.807, 2.05) is 6.07 Å². The second-order valence-electron chi connectivity index (χ2n) is 6.47. The zero-order valence-electron chi connectivity index (χ0n) is 13.6. The summed E-state index contributed by atoms with van der Waals surface area (Å²) in [5.41, 5.74) is 0. The summed E-state index contributed by atoms with van der Waals surface area (Å²) in [5, 5.41) is 3.50. The van der Waals surface area contributed by atoms with Gasteiger partial charge in [0, 0.05) is 19.2 Å². The van der Waals surface area contributed by atoms with E-state index in [0.717, 1.165) is 5.82 Å². The van der Waals surface area contributed by atoms with Gasteiger partial charge in [-0.15, -0.1) is 0 Å². The van der Waals surface area contributed by atoms with Crippen molar-refractivity contribution in [2.24, 2.45) is 5.92 Å². The number of H-pyrrole nitrogens is 1. The lowest BCUT2D eigenvalue weighted by molar-refractivity contribution is -0.364. The number of aromatic nitrogens is 1. The van der Waals surface area contributed by atoms with Gasteiger partial charge in [-0.05, 0) is 31.2 Å². The first-order valence-corrected chi connectivity index (χ1v) is 9.87. The summed E-state index contributed by atoms with van der Waals surface area (Å²) in [4.78, 5) is 3.41. The van der Waals surface area contributed by atoms with Gasteiger partial charge in [0.2, 0.25) is 10.0 Å². The van der Waals surface area contributed by atoms with Crippen LogP contribution in [0.15, 0.2) is 23.2 Å². The van der Waals surface area contributed by atoms with Crippen molar-refractivity contribution in [2.45, 2.75) is 43.5 Å². The molecule has 1 aliphatic carbocycles. The topological polar surface area (TPSA) is 72.8 Å². The van der Waals surface area contributed by atoms with E-state index in [4.69, 9.17) is 4.74 Å². The van der Waals surface area contributed by atoms with Gasteiger partial charge in [0.15, 0.2) is 0 Å². The fourth-order valence-corrected chi connectivity index (χ4v) is 4.70. The normalized spacial score (nSPS) is 26.8. The molecule has 0 bridgehead atoms. The molecule has 128 valence electrons. The van der Waals surface area contributed by atoms with Gasteiger partial charge in [-0.1, -0.05) is 13.3 Å². The number of ether oxygens (including phenoxy) is 1. The molecule has 23 heavy (non-hydrogen) atoms. The molecule has 1 aromatic heterocycles. The van der Waals surface area contributed by atoms with Crippen LogP contribution in [-0.2, 0) is 14.8 Å². The van der Waals surface area contributed by atoms with Crippen LogP contribution in [0.3, 0.4) is 0 Å². The van der Waals surface area contributed by atoms with Crippen molar-refractivity contribution in [2.75, 3.05) is 31.6 Å². The Balaban J connectivity index is 1.68. The third-order valence-corrected chi connectivity index (χ3v) is 6.74. The summed E-state index contributed by atoms with van der Waals surface area (Å²) >= 11 is 0. The van der Waals surface area contributed by atoms with E-state index in [0.29, 0.717) is 43.2 Å². The van der Waals surface area contributed by atoms with Crippen LogP contribution >= 0.6 is 0 Å². The highest BCUT2D eigenvalue weighted by atomic mass is 32.2. The van der Waals surface area contributed by atoms with Gasteiger partial charge in [-0.2, -0.15) is 4.31 Å². The molecule has 1 aliphatic heterocycles. The quantitative estimate of drug-likeness (QED) is 0.902. The van der Waals surface area contributed by atoms with Crippen molar-refractivity contribution >= 4 is 15.8 Å². The van der Waals surface area contributed by atoms with Crippen molar-refractivity contribution in [1.29, 1.82) is 0 Å². The molecule has 0 aromatic carbocycles. The minimum atomic E-state index is -3.43. The molecule has 3 rings (SSSR count). The fourth-order valence-electron chi connectivity index (χ4n) is 3.33. The van der Waals surface area contributed by atoms with Gasteiger partial charge in [0.05, 0.1) is 19.3 Å². The number of sulfonamides is 1. The van der Waals surface area contributed by atoms with Crippen LogP contribution in [0.1, 0.15) is 32.6 Å². The predicted molar refractivity (Wildman–Crippen MR) is 87.6 cm³/mol. The average Bonchev–Trinajstić information content (AvgIpc) is 2.58. The summed E-state index contributed by atoms with van der Waals surface area (Å²) in [6.45, 7) is 4.03. The second kappa shape index (κ2) is 7.15. The lowest BCUT2D eigenvalue weighted by atomic mass is 9.86. The molecule has 0 amide bonds. The molecule has 2 atom stereocenters. The molecule has 7 heteroatoms. The first kappa shape index (κ1) is 16.7. The lowest BCUT2D eigenvalue weighted by Crippen LogP contribution is -2.41. The van der Waals surface area contributed by atoms with Crippen LogP contribution in [0.5, 0.6) is 0 Å². The van der Waals surface area contributed by atoms with Crippen molar-refractivity contribution in [3.05, 3.63) is 18.3 Å². The van der Waals surface area contributed by atoms with Crippen LogP contribution in [0.2, 0.25) is 0 Å². The van der Waals surface area contributed by atoms with Crippen LogP contribution in [-0.4, -0.2) is 45.1 Å². The van der Waals surface area contributed by atoms with Gasteiger partial charge in [-0.3, -0.25) is 5.32 Å². The number of pyridine rings is 1. The number of nitrogens with zero attached hydrogens (tertiary/aromatic N) is 1. The molecule has 2 N–H and O–H groups in total. The highest BCUT2D eigenvalue weighted by Crippen LogP contribution is 2.26. The van der Waals surface area contributed by atoms with Crippen molar-refractivity contribution in [1.82, 2.24) is 4.31 Å². The lowest BCUT2D eigenvalue weighted by Gasteiger charge is -2.26. The van der Waals surface area contributed by atoms with Crippen molar-refractivity contribution in [3.8, 4) is 0 Å². The number of morpholine rings is 1. The largest absolute Gasteiger partial charge is 0.379 e. The smallest absolute Gasteiger partial charge is 0.272 e. The summed E-state index contributed by atoms with van der Waals surface area (Å²) in [5.74, 6) is 1.53. The SMILES string of the molecule is C[C@H]1CCCC[C@H]1Nc1ccc(S(=O)(=O)N2CCOCC2)c[nH+]1. The Labute approximate surface area is 138 Å². The molecule has 0 radical (unpaired) electrons. The molecular weight excluding hydrogens is 314 g/mol. The van der Waals surface area contributed by atoms with Gasteiger partial charge >= 0.3 is 0 Å². The van der Waals surface area contributed by atoms with E-state index in [-0.39, 0.29) is 0 Å². The van der Waals surface area contributed by atoms with Crippen molar-refractivity contribution < 1.29 is 18.1 Å². The molecule has 0 spiro atoms. The van der Waals surface area contributed by atoms with Crippen LogP contribution in [0, 0.1) is 5.92 Å². The third kappa shape index (κ3) is 3.84. The van der Waals surface area contributed by atoms with Crippen molar-refractivity contribution in [3.63, 3.8) is 0 Å². The second-order valence-corrected chi connectivity index (χ2v) is 8.41. The summed E-state index contributed by atoms with van der Waals surface area (Å²) in [7, 11) is -3.43.